The zero-order chi connectivity index (χ0) is 37.2. The lowest BCUT2D eigenvalue weighted by atomic mass is 9.81. The second-order valence-corrected chi connectivity index (χ2v) is 16.5. The quantitative estimate of drug-likeness (QED) is 0.166. The van der Waals surface area contributed by atoms with Crippen molar-refractivity contribution in [3.63, 3.8) is 0 Å². The minimum absolute atomic E-state index is 0.0414. The summed E-state index contributed by atoms with van der Waals surface area (Å²) in [5.74, 6) is 0. The normalized spacial score (nSPS) is 13.3. The molecule has 0 saturated heterocycles. The summed E-state index contributed by atoms with van der Waals surface area (Å²) in [7, 11) is 0. The van der Waals surface area contributed by atoms with Gasteiger partial charge in [0.05, 0.1) is 5.69 Å². The van der Waals surface area contributed by atoms with Crippen LogP contribution >= 0.6 is 0 Å². The van der Waals surface area contributed by atoms with Gasteiger partial charge in [-0.2, -0.15) is 0 Å². The zero-order valence-electron chi connectivity index (χ0n) is 32.6. The van der Waals surface area contributed by atoms with Gasteiger partial charge in [0.25, 0.3) is 0 Å². The third-order valence-corrected chi connectivity index (χ3v) is 12.8. The van der Waals surface area contributed by atoms with Crippen LogP contribution in [0.3, 0.4) is 0 Å². The summed E-state index contributed by atoms with van der Waals surface area (Å²) in [4.78, 5) is 2.51. The van der Waals surface area contributed by atoms with Crippen molar-refractivity contribution in [1.82, 2.24) is 0 Å². The maximum absolute atomic E-state index is 2.51. The van der Waals surface area contributed by atoms with Crippen molar-refractivity contribution in [2.24, 2.45) is 0 Å². The Kier molecular flexibility index (Phi) is 6.99. The maximum Gasteiger partial charge on any atom is 0.0619 e. The standard InChI is InChI=1S/C53H45N/c1-30-13-19-38(20-14-30)54(39-21-15-31(2)16-22-39)52-45-26-33(4)32(3)25-43(45)50-42-24-18-36(28-44(42)49-35(6)34(5)27-46(52)51(49)50)37-17-23-41-40-11-9-10-12-47(40)53(7,8)48(41)29-37/h9-29H,1-8H3. The molecular weight excluding hydrogens is 651 g/mol. The predicted octanol–water partition coefficient (Wildman–Crippen LogP) is 14.9. The first-order chi connectivity index (χ1) is 26.0. The fraction of sp³-hybridized carbons (Fsp3) is 0.170. The van der Waals surface area contributed by atoms with E-state index < -0.39 is 0 Å². The number of hydrogen-bond donors (Lipinski definition) is 0. The van der Waals surface area contributed by atoms with Crippen LogP contribution in [0.5, 0.6) is 0 Å². The molecular formula is C53H45N. The minimum Gasteiger partial charge on any atom is -0.309 e. The molecule has 0 unspecified atom stereocenters. The number of nitrogens with zero attached hydrogens (tertiary/aromatic N) is 1. The molecule has 8 aromatic rings. The molecule has 262 valence electrons. The molecule has 0 radical (unpaired) electrons. The van der Waals surface area contributed by atoms with Crippen LogP contribution in [0.1, 0.15) is 58.4 Å². The smallest absolute Gasteiger partial charge is 0.0619 e. The first-order valence-corrected chi connectivity index (χ1v) is 19.3. The third kappa shape index (κ3) is 4.57. The van der Waals surface area contributed by atoms with Crippen molar-refractivity contribution >= 4 is 38.6 Å². The summed E-state index contributed by atoms with van der Waals surface area (Å²) in [5.41, 5.74) is 24.9. The Bertz CT molecular complexity index is 2840. The van der Waals surface area contributed by atoms with Crippen molar-refractivity contribution in [2.45, 2.75) is 60.8 Å². The van der Waals surface area contributed by atoms with E-state index in [1.54, 1.807) is 0 Å². The first-order valence-electron chi connectivity index (χ1n) is 19.3. The highest BCUT2D eigenvalue weighted by atomic mass is 15.1. The molecule has 0 saturated carbocycles. The maximum atomic E-state index is 2.51. The van der Waals surface area contributed by atoms with E-state index >= 15 is 0 Å². The first kappa shape index (κ1) is 32.7. The minimum atomic E-state index is -0.0414. The molecule has 0 aromatic heterocycles. The van der Waals surface area contributed by atoms with Gasteiger partial charge in [-0.05, 0) is 173 Å². The molecule has 54 heavy (non-hydrogen) atoms. The largest absolute Gasteiger partial charge is 0.309 e. The highest BCUT2D eigenvalue weighted by Crippen LogP contribution is 2.58. The van der Waals surface area contributed by atoms with Crippen molar-refractivity contribution < 1.29 is 0 Å². The average Bonchev–Trinajstić information content (AvgIpc) is 3.63. The van der Waals surface area contributed by atoms with Gasteiger partial charge in [-0.15, -0.1) is 0 Å². The Hall–Kier alpha value is -5.92. The van der Waals surface area contributed by atoms with Gasteiger partial charge >= 0.3 is 0 Å². The van der Waals surface area contributed by atoms with Gasteiger partial charge in [-0.3, -0.25) is 0 Å². The summed E-state index contributed by atoms with van der Waals surface area (Å²) in [6.45, 7) is 18.2. The van der Waals surface area contributed by atoms with Gasteiger partial charge in [0, 0.05) is 32.9 Å². The molecule has 2 aliphatic rings. The van der Waals surface area contributed by atoms with E-state index in [9.17, 15) is 0 Å². The topological polar surface area (TPSA) is 3.24 Å². The fourth-order valence-corrected chi connectivity index (χ4v) is 9.55. The van der Waals surface area contributed by atoms with E-state index in [-0.39, 0.29) is 5.41 Å². The molecule has 0 bridgehead atoms. The second-order valence-electron chi connectivity index (χ2n) is 16.5. The van der Waals surface area contributed by atoms with E-state index in [1.165, 1.54) is 128 Å². The summed E-state index contributed by atoms with van der Waals surface area (Å²) in [5, 5.41) is 5.27. The Morgan fingerprint density at radius 3 is 1.65 bits per heavy atom. The molecule has 0 amide bonds. The SMILES string of the molecule is Cc1ccc(N(c2ccc(C)cc2)c2c3cc(C)c(C)cc3c3c4c(c(C)c(C)cc24)-c2cc(-c4ccc5c(c4)C(C)(C)c4ccccc4-5)ccc2-3)cc1. The lowest BCUT2D eigenvalue weighted by molar-refractivity contribution is 0.660. The zero-order valence-corrected chi connectivity index (χ0v) is 32.6. The van der Waals surface area contributed by atoms with Gasteiger partial charge in [0.2, 0.25) is 0 Å². The van der Waals surface area contributed by atoms with Crippen molar-refractivity contribution in [1.29, 1.82) is 0 Å². The molecule has 1 nitrogen and oxygen atoms in total. The molecule has 1 heteroatoms. The summed E-state index contributed by atoms with van der Waals surface area (Å²) in [6, 6.07) is 48.7. The number of rotatable bonds is 4. The fourth-order valence-electron chi connectivity index (χ4n) is 9.55. The van der Waals surface area contributed by atoms with Crippen LogP contribution in [0.25, 0.3) is 66.1 Å². The highest BCUT2D eigenvalue weighted by Gasteiger charge is 2.36. The van der Waals surface area contributed by atoms with Gasteiger partial charge in [0.15, 0.2) is 0 Å². The Morgan fingerprint density at radius 1 is 0.426 bits per heavy atom. The Morgan fingerprint density at radius 2 is 0.981 bits per heavy atom. The monoisotopic (exact) mass is 695 g/mol. The van der Waals surface area contributed by atoms with Crippen LogP contribution in [-0.2, 0) is 5.41 Å². The summed E-state index contributed by atoms with van der Waals surface area (Å²) >= 11 is 0. The van der Waals surface area contributed by atoms with E-state index in [0.29, 0.717) is 0 Å². The molecule has 0 fully saturated rings. The Balaban J connectivity index is 1.26. The van der Waals surface area contributed by atoms with Crippen LogP contribution < -0.4 is 4.90 Å². The third-order valence-electron chi connectivity index (χ3n) is 12.8. The van der Waals surface area contributed by atoms with Crippen LogP contribution in [0, 0.1) is 41.5 Å². The lowest BCUT2D eigenvalue weighted by Gasteiger charge is -2.30. The number of fused-ring (bicyclic) bond motifs is 8. The summed E-state index contributed by atoms with van der Waals surface area (Å²) < 4.78 is 0. The molecule has 0 aliphatic heterocycles. The average molecular weight is 696 g/mol. The predicted molar refractivity (Wildman–Crippen MR) is 232 cm³/mol. The van der Waals surface area contributed by atoms with Crippen molar-refractivity contribution in [3.05, 3.63) is 172 Å². The van der Waals surface area contributed by atoms with Gasteiger partial charge in [-0.25, -0.2) is 0 Å². The molecule has 0 atom stereocenters. The van der Waals surface area contributed by atoms with Crippen molar-refractivity contribution in [3.8, 4) is 44.5 Å². The number of benzene rings is 8. The van der Waals surface area contributed by atoms with Crippen LogP contribution in [-0.4, -0.2) is 0 Å². The highest BCUT2D eigenvalue weighted by molar-refractivity contribution is 6.30. The number of aryl methyl sites for hydroxylation is 5. The van der Waals surface area contributed by atoms with Crippen LogP contribution in [0.2, 0.25) is 0 Å². The molecule has 8 aromatic carbocycles. The van der Waals surface area contributed by atoms with Crippen LogP contribution in [0.4, 0.5) is 17.1 Å². The van der Waals surface area contributed by atoms with E-state index in [2.05, 4.69) is 188 Å². The van der Waals surface area contributed by atoms with E-state index in [0.717, 1.165) is 0 Å². The van der Waals surface area contributed by atoms with Gasteiger partial charge < -0.3 is 4.90 Å². The molecule has 0 heterocycles. The van der Waals surface area contributed by atoms with Gasteiger partial charge in [-0.1, -0.05) is 104 Å². The van der Waals surface area contributed by atoms with Crippen molar-refractivity contribution in [2.75, 3.05) is 4.90 Å². The lowest BCUT2D eigenvalue weighted by Crippen LogP contribution is -2.14. The second kappa shape index (κ2) is 11.5. The van der Waals surface area contributed by atoms with E-state index in [1.807, 2.05) is 0 Å². The van der Waals surface area contributed by atoms with Crippen LogP contribution in [0.15, 0.2) is 127 Å². The number of anilines is 3. The van der Waals surface area contributed by atoms with Gasteiger partial charge in [0.1, 0.15) is 0 Å². The molecule has 0 N–H and O–H groups in total. The summed E-state index contributed by atoms with van der Waals surface area (Å²) in [6.07, 6.45) is 0. The van der Waals surface area contributed by atoms with E-state index in [4.69, 9.17) is 0 Å². The molecule has 2 aliphatic carbocycles. The Labute approximate surface area is 319 Å². The molecule has 0 spiro atoms. The molecule has 10 rings (SSSR count). The number of hydrogen-bond acceptors (Lipinski definition) is 1.